The number of phenolic OH excluding ortho intramolecular Hbond substituents is 1. The van der Waals surface area contributed by atoms with Gasteiger partial charge in [0.25, 0.3) is 5.91 Å². The predicted molar refractivity (Wildman–Crippen MR) is 84.1 cm³/mol. The van der Waals surface area contributed by atoms with E-state index in [1.54, 1.807) is 17.0 Å². The second-order valence-electron chi connectivity index (χ2n) is 6.05. The number of nitrogens with zero attached hydrogens (tertiary/aromatic N) is 2. The van der Waals surface area contributed by atoms with E-state index in [-0.39, 0.29) is 23.5 Å². The van der Waals surface area contributed by atoms with Crippen LogP contribution in [0, 0.1) is 5.92 Å². The van der Waals surface area contributed by atoms with Gasteiger partial charge in [0.2, 0.25) is 5.91 Å². The highest BCUT2D eigenvalue weighted by Gasteiger charge is 2.30. The zero-order valence-electron chi connectivity index (χ0n) is 13.1. The fraction of sp³-hybridized carbons (Fsp3) is 0.529. The third kappa shape index (κ3) is 3.64. The van der Waals surface area contributed by atoms with E-state index < -0.39 is 0 Å². The van der Waals surface area contributed by atoms with Crippen molar-refractivity contribution in [3.63, 3.8) is 0 Å². The van der Waals surface area contributed by atoms with E-state index in [2.05, 4.69) is 0 Å². The van der Waals surface area contributed by atoms with Crippen molar-refractivity contribution in [2.75, 3.05) is 39.4 Å². The van der Waals surface area contributed by atoms with Crippen molar-refractivity contribution in [2.24, 2.45) is 5.92 Å². The summed E-state index contributed by atoms with van der Waals surface area (Å²) < 4.78 is 5.30. The number of carbonyl (C=O) groups is 2. The van der Waals surface area contributed by atoms with Gasteiger partial charge in [0.05, 0.1) is 0 Å². The quantitative estimate of drug-likeness (QED) is 0.886. The molecule has 1 aromatic rings. The number of benzene rings is 1. The molecule has 1 N–H and O–H groups in total. The molecule has 0 aromatic heterocycles. The number of hydrogen-bond acceptors (Lipinski definition) is 4. The molecule has 0 atom stereocenters. The van der Waals surface area contributed by atoms with E-state index in [9.17, 15) is 14.7 Å². The third-order valence-electron chi connectivity index (χ3n) is 4.56. The van der Waals surface area contributed by atoms with Crippen molar-refractivity contribution in [1.29, 1.82) is 0 Å². The van der Waals surface area contributed by atoms with Gasteiger partial charge >= 0.3 is 0 Å². The summed E-state index contributed by atoms with van der Waals surface area (Å²) in [6.45, 7) is 3.59. The van der Waals surface area contributed by atoms with E-state index >= 15 is 0 Å². The first kappa shape index (κ1) is 15.8. The molecule has 2 aliphatic rings. The molecule has 2 heterocycles. The van der Waals surface area contributed by atoms with Crippen molar-refractivity contribution in [3.8, 4) is 5.75 Å². The molecular weight excluding hydrogens is 296 g/mol. The Morgan fingerprint density at radius 3 is 2.13 bits per heavy atom. The van der Waals surface area contributed by atoms with Gasteiger partial charge in [-0.25, -0.2) is 0 Å². The Kier molecular flexibility index (Phi) is 4.81. The molecule has 0 spiro atoms. The molecule has 2 saturated heterocycles. The predicted octanol–water partition coefficient (Wildman–Crippen LogP) is 1.10. The Balaban J connectivity index is 1.54. The number of ether oxygens (including phenoxy) is 1. The number of hydrogen-bond donors (Lipinski definition) is 1. The molecular formula is C17H22N2O4. The van der Waals surface area contributed by atoms with Crippen LogP contribution in [0.4, 0.5) is 0 Å². The van der Waals surface area contributed by atoms with Crippen LogP contribution in [0.2, 0.25) is 0 Å². The van der Waals surface area contributed by atoms with E-state index in [1.807, 2.05) is 4.90 Å². The minimum absolute atomic E-state index is 0.0526. The second kappa shape index (κ2) is 7.00. The molecule has 124 valence electrons. The van der Waals surface area contributed by atoms with Gasteiger partial charge < -0.3 is 19.6 Å². The number of phenols is 1. The maximum atomic E-state index is 12.5. The van der Waals surface area contributed by atoms with Gasteiger partial charge in [0.1, 0.15) is 5.75 Å². The first-order chi connectivity index (χ1) is 11.1. The number of aromatic hydroxyl groups is 1. The van der Waals surface area contributed by atoms with Crippen molar-refractivity contribution in [2.45, 2.75) is 12.8 Å². The Morgan fingerprint density at radius 1 is 0.957 bits per heavy atom. The zero-order chi connectivity index (χ0) is 16.2. The van der Waals surface area contributed by atoms with Gasteiger partial charge in [0, 0.05) is 50.9 Å². The molecule has 3 rings (SSSR count). The Bertz CT molecular complexity index is 558. The standard InChI is InChI=1S/C17H22N2O4/c20-15-3-1-13(2-4-15)16(21)18-7-9-19(10-8-18)17(22)14-5-11-23-12-6-14/h1-4,14,20H,5-12H2. The molecule has 6 nitrogen and oxygen atoms in total. The summed E-state index contributed by atoms with van der Waals surface area (Å²) in [6, 6.07) is 6.27. The van der Waals surface area contributed by atoms with E-state index in [0.29, 0.717) is 45.0 Å². The molecule has 0 unspecified atom stereocenters. The van der Waals surface area contributed by atoms with Gasteiger partial charge in [-0.05, 0) is 37.1 Å². The van der Waals surface area contributed by atoms with Crippen LogP contribution in [0.25, 0.3) is 0 Å². The lowest BCUT2D eigenvalue weighted by molar-refractivity contribution is -0.140. The Morgan fingerprint density at radius 2 is 1.52 bits per heavy atom. The van der Waals surface area contributed by atoms with E-state index in [1.165, 1.54) is 12.1 Å². The van der Waals surface area contributed by atoms with Crippen LogP contribution in [0.15, 0.2) is 24.3 Å². The summed E-state index contributed by atoms with van der Waals surface area (Å²) >= 11 is 0. The molecule has 1 aromatic carbocycles. The fourth-order valence-corrected chi connectivity index (χ4v) is 3.12. The third-order valence-corrected chi connectivity index (χ3v) is 4.56. The van der Waals surface area contributed by atoms with Gasteiger partial charge in [-0.2, -0.15) is 0 Å². The summed E-state index contributed by atoms with van der Waals surface area (Å²) in [6.07, 6.45) is 1.59. The molecule has 2 aliphatic heterocycles. The molecule has 0 saturated carbocycles. The van der Waals surface area contributed by atoms with Gasteiger partial charge in [-0.1, -0.05) is 0 Å². The molecule has 23 heavy (non-hydrogen) atoms. The second-order valence-corrected chi connectivity index (χ2v) is 6.05. The minimum atomic E-state index is -0.0526. The lowest BCUT2D eigenvalue weighted by Crippen LogP contribution is -2.52. The topological polar surface area (TPSA) is 70.1 Å². The number of piperazine rings is 1. The Hall–Kier alpha value is -2.08. The lowest BCUT2D eigenvalue weighted by atomic mass is 9.98. The highest BCUT2D eigenvalue weighted by molar-refractivity contribution is 5.94. The van der Waals surface area contributed by atoms with Crippen molar-refractivity contribution in [3.05, 3.63) is 29.8 Å². The van der Waals surface area contributed by atoms with Crippen LogP contribution in [0.3, 0.4) is 0 Å². The van der Waals surface area contributed by atoms with Crippen LogP contribution in [0.5, 0.6) is 5.75 Å². The monoisotopic (exact) mass is 318 g/mol. The molecule has 0 aliphatic carbocycles. The Labute approximate surface area is 135 Å². The SMILES string of the molecule is O=C(c1ccc(O)cc1)N1CCN(C(=O)C2CCOCC2)CC1. The van der Waals surface area contributed by atoms with Gasteiger partial charge in [-0.3, -0.25) is 9.59 Å². The minimum Gasteiger partial charge on any atom is -0.508 e. The summed E-state index contributed by atoms with van der Waals surface area (Å²) in [4.78, 5) is 28.5. The highest BCUT2D eigenvalue weighted by atomic mass is 16.5. The van der Waals surface area contributed by atoms with Crippen molar-refractivity contribution in [1.82, 2.24) is 9.80 Å². The largest absolute Gasteiger partial charge is 0.508 e. The summed E-state index contributed by atoms with van der Waals surface area (Å²) in [5.74, 6) is 0.365. The average Bonchev–Trinajstić information content (AvgIpc) is 2.62. The highest BCUT2D eigenvalue weighted by Crippen LogP contribution is 2.19. The first-order valence-corrected chi connectivity index (χ1v) is 8.10. The van der Waals surface area contributed by atoms with Crippen molar-refractivity contribution < 1.29 is 19.4 Å². The van der Waals surface area contributed by atoms with Crippen LogP contribution in [-0.2, 0) is 9.53 Å². The molecule has 6 heteroatoms. The fourth-order valence-electron chi connectivity index (χ4n) is 3.12. The molecule has 2 amide bonds. The number of rotatable bonds is 2. The first-order valence-electron chi connectivity index (χ1n) is 8.10. The zero-order valence-corrected chi connectivity index (χ0v) is 13.1. The maximum absolute atomic E-state index is 12.5. The lowest BCUT2D eigenvalue weighted by Gasteiger charge is -2.37. The average molecular weight is 318 g/mol. The van der Waals surface area contributed by atoms with E-state index in [0.717, 1.165) is 12.8 Å². The normalized spacial score (nSPS) is 19.7. The number of amides is 2. The maximum Gasteiger partial charge on any atom is 0.253 e. The molecule has 0 bridgehead atoms. The summed E-state index contributed by atoms with van der Waals surface area (Å²) in [5.41, 5.74) is 0.562. The van der Waals surface area contributed by atoms with Crippen LogP contribution in [0.1, 0.15) is 23.2 Å². The van der Waals surface area contributed by atoms with Crippen LogP contribution < -0.4 is 0 Å². The summed E-state index contributed by atoms with van der Waals surface area (Å²) in [5, 5.41) is 9.29. The molecule has 2 fully saturated rings. The van der Waals surface area contributed by atoms with Gasteiger partial charge in [-0.15, -0.1) is 0 Å². The smallest absolute Gasteiger partial charge is 0.253 e. The van der Waals surface area contributed by atoms with Crippen LogP contribution in [-0.4, -0.2) is 66.1 Å². The van der Waals surface area contributed by atoms with Crippen LogP contribution >= 0.6 is 0 Å². The molecule has 0 radical (unpaired) electrons. The number of carbonyl (C=O) groups excluding carboxylic acids is 2. The van der Waals surface area contributed by atoms with E-state index in [4.69, 9.17) is 4.74 Å². The van der Waals surface area contributed by atoms with Gasteiger partial charge in [0.15, 0.2) is 0 Å². The van der Waals surface area contributed by atoms with Crippen molar-refractivity contribution >= 4 is 11.8 Å². The summed E-state index contributed by atoms with van der Waals surface area (Å²) in [7, 11) is 0.